The number of likely N-dealkylation sites (tertiary alicyclic amines) is 2. The maximum Gasteiger partial charge on any atom is 0.277 e. The van der Waals surface area contributed by atoms with Crippen molar-refractivity contribution < 1.29 is 9.69 Å². The Kier molecular flexibility index (Phi) is 5.85. The molecule has 26 heavy (non-hydrogen) atoms. The Morgan fingerprint density at radius 2 is 1.85 bits per heavy atom. The summed E-state index contributed by atoms with van der Waals surface area (Å²) in [6.45, 7) is 3.65. The maximum absolute atomic E-state index is 13.0. The van der Waals surface area contributed by atoms with Crippen LogP contribution < -0.4 is 4.90 Å². The van der Waals surface area contributed by atoms with Crippen LogP contribution in [0.3, 0.4) is 0 Å². The van der Waals surface area contributed by atoms with Crippen LogP contribution in [0.4, 0.5) is 0 Å². The zero-order valence-electron chi connectivity index (χ0n) is 15.6. The number of hydrogen-bond donors (Lipinski definition) is 1. The highest BCUT2D eigenvalue weighted by atomic mass is 32.1. The van der Waals surface area contributed by atoms with Gasteiger partial charge in [0.25, 0.3) is 5.91 Å². The number of hydrogen-bond acceptors (Lipinski definition) is 3. The van der Waals surface area contributed by atoms with Crippen LogP contribution in [0.5, 0.6) is 0 Å². The third-order valence-electron chi connectivity index (χ3n) is 5.93. The lowest BCUT2D eigenvalue weighted by atomic mass is 10.0. The molecule has 1 amide bonds. The number of amides is 1. The average Bonchev–Trinajstić information content (AvgIpc) is 3.05. The van der Waals surface area contributed by atoms with E-state index in [4.69, 9.17) is 4.98 Å². The molecule has 0 radical (unpaired) electrons. The van der Waals surface area contributed by atoms with Crippen LogP contribution in [0.1, 0.15) is 62.4 Å². The van der Waals surface area contributed by atoms with Gasteiger partial charge in [-0.3, -0.25) is 4.79 Å². The predicted octanol–water partition coefficient (Wildman–Crippen LogP) is 3.20. The SMILES string of the molecule is O=C(C[NH+]1CCCC[C@@H]1c1nc2ccccc2s1)N1CCCCCCC1. The van der Waals surface area contributed by atoms with Crippen molar-refractivity contribution in [2.45, 2.75) is 57.4 Å². The van der Waals surface area contributed by atoms with Gasteiger partial charge >= 0.3 is 0 Å². The largest absolute Gasteiger partial charge is 0.338 e. The minimum absolute atomic E-state index is 0.356. The molecule has 2 aliphatic rings. The van der Waals surface area contributed by atoms with Crippen molar-refractivity contribution in [3.63, 3.8) is 0 Å². The van der Waals surface area contributed by atoms with Crippen LogP contribution in [0.25, 0.3) is 10.2 Å². The first-order valence-electron chi connectivity index (χ1n) is 10.3. The molecule has 2 aromatic rings. The van der Waals surface area contributed by atoms with E-state index >= 15 is 0 Å². The van der Waals surface area contributed by atoms with Crippen molar-refractivity contribution in [2.75, 3.05) is 26.2 Å². The van der Waals surface area contributed by atoms with Gasteiger partial charge in [-0.05, 0) is 37.8 Å². The number of para-hydroxylation sites is 1. The molecule has 1 aromatic carbocycles. The summed E-state index contributed by atoms with van der Waals surface area (Å²) in [5.41, 5.74) is 1.10. The van der Waals surface area contributed by atoms with Gasteiger partial charge in [0.05, 0.1) is 16.8 Å². The van der Waals surface area contributed by atoms with Crippen LogP contribution >= 0.6 is 11.3 Å². The highest BCUT2D eigenvalue weighted by Crippen LogP contribution is 2.28. The molecule has 0 spiro atoms. The predicted molar refractivity (Wildman–Crippen MR) is 107 cm³/mol. The minimum Gasteiger partial charge on any atom is -0.338 e. The Morgan fingerprint density at radius 3 is 2.65 bits per heavy atom. The van der Waals surface area contributed by atoms with Crippen LogP contribution in [0.15, 0.2) is 24.3 Å². The van der Waals surface area contributed by atoms with Gasteiger partial charge < -0.3 is 9.80 Å². The molecule has 0 saturated carbocycles. The van der Waals surface area contributed by atoms with E-state index in [1.54, 1.807) is 0 Å². The Bertz CT molecular complexity index is 703. The number of nitrogens with zero attached hydrogens (tertiary/aromatic N) is 2. The molecule has 4 rings (SSSR count). The second-order valence-electron chi connectivity index (χ2n) is 7.80. The third-order valence-corrected chi connectivity index (χ3v) is 7.08. The zero-order valence-corrected chi connectivity index (χ0v) is 16.4. The van der Waals surface area contributed by atoms with Crippen molar-refractivity contribution in [2.24, 2.45) is 0 Å². The number of carbonyl (C=O) groups is 1. The Hall–Kier alpha value is -1.46. The first kappa shape index (κ1) is 17.9. The molecule has 140 valence electrons. The summed E-state index contributed by atoms with van der Waals surface area (Å²) in [6, 6.07) is 8.79. The molecule has 2 atom stereocenters. The van der Waals surface area contributed by atoms with Gasteiger partial charge in [0, 0.05) is 19.5 Å². The van der Waals surface area contributed by atoms with Crippen molar-refractivity contribution >= 4 is 27.5 Å². The second kappa shape index (κ2) is 8.49. The topological polar surface area (TPSA) is 37.6 Å². The molecule has 3 heterocycles. The van der Waals surface area contributed by atoms with E-state index < -0.39 is 0 Å². The fourth-order valence-electron chi connectivity index (χ4n) is 4.43. The molecule has 0 aliphatic carbocycles. The first-order chi connectivity index (χ1) is 12.8. The molecule has 0 bridgehead atoms. The monoisotopic (exact) mass is 372 g/mol. The zero-order chi connectivity index (χ0) is 17.8. The fraction of sp³-hybridized carbons (Fsp3) is 0.619. The van der Waals surface area contributed by atoms with E-state index in [-0.39, 0.29) is 0 Å². The Labute approximate surface area is 160 Å². The lowest BCUT2D eigenvalue weighted by Gasteiger charge is -2.33. The van der Waals surface area contributed by atoms with Crippen molar-refractivity contribution in [1.82, 2.24) is 9.88 Å². The van der Waals surface area contributed by atoms with Gasteiger partial charge in [0.1, 0.15) is 6.04 Å². The number of benzene rings is 1. The fourth-order valence-corrected chi connectivity index (χ4v) is 5.59. The molecule has 5 heteroatoms. The number of rotatable bonds is 3. The number of aromatic nitrogens is 1. The van der Waals surface area contributed by atoms with Gasteiger partial charge in [-0.15, -0.1) is 11.3 Å². The van der Waals surface area contributed by atoms with E-state index in [1.165, 1.54) is 59.6 Å². The van der Waals surface area contributed by atoms with Crippen LogP contribution in [-0.2, 0) is 4.79 Å². The van der Waals surface area contributed by atoms with Crippen molar-refractivity contribution in [3.05, 3.63) is 29.3 Å². The van der Waals surface area contributed by atoms with Crippen molar-refractivity contribution in [3.8, 4) is 0 Å². The van der Waals surface area contributed by atoms with E-state index in [2.05, 4.69) is 29.2 Å². The standard InChI is InChI=1S/C21H29N3OS/c25-20(23-13-7-2-1-3-8-14-23)16-24-15-9-6-11-18(24)21-22-17-10-4-5-12-19(17)26-21/h4-5,10,12,18H,1-3,6-9,11,13-16H2/p+1/t18-/m1/s1. The highest BCUT2D eigenvalue weighted by Gasteiger charge is 2.33. The smallest absolute Gasteiger partial charge is 0.277 e. The van der Waals surface area contributed by atoms with E-state index in [0.717, 1.165) is 31.6 Å². The van der Waals surface area contributed by atoms with E-state index in [1.807, 2.05) is 11.3 Å². The quantitative estimate of drug-likeness (QED) is 0.898. The molecule has 2 aliphatic heterocycles. The molecule has 1 aromatic heterocycles. The molecular formula is C21H30N3OS+. The second-order valence-corrected chi connectivity index (χ2v) is 8.86. The third kappa shape index (κ3) is 4.09. The lowest BCUT2D eigenvalue weighted by molar-refractivity contribution is -0.929. The number of carbonyl (C=O) groups excluding carboxylic acids is 1. The van der Waals surface area contributed by atoms with Crippen LogP contribution in [0.2, 0.25) is 0 Å². The lowest BCUT2D eigenvalue weighted by Crippen LogP contribution is -3.14. The Morgan fingerprint density at radius 1 is 1.08 bits per heavy atom. The van der Waals surface area contributed by atoms with Crippen molar-refractivity contribution in [1.29, 1.82) is 0 Å². The van der Waals surface area contributed by atoms with E-state index in [9.17, 15) is 4.79 Å². The summed E-state index contributed by atoms with van der Waals surface area (Å²) in [4.78, 5) is 21.4. The molecule has 2 fully saturated rings. The molecule has 1 N–H and O–H groups in total. The van der Waals surface area contributed by atoms with Gasteiger partial charge in [-0.25, -0.2) is 4.98 Å². The number of fused-ring (bicyclic) bond motifs is 1. The minimum atomic E-state index is 0.356. The highest BCUT2D eigenvalue weighted by molar-refractivity contribution is 7.18. The molecule has 4 nitrogen and oxygen atoms in total. The normalized spacial score (nSPS) is 25.0. The van der Waals surface area contributed by atoms with Gasteiger partial charge in [0.2, 0.25) is 0 Å². The number of piperidine rings is 1. The molecular weight excluding hydrogens is 342 g/mol. The number of nitrogens with one attached hydrogen (secondary N) is 1. The number of thiazole rings is 1. The van der Waals surface area contributed by atoms with Gasteiger partial charge in [-0.1, -0.05) is 31.4 Å². The van der Waals surface area contributed by atoms with Crippen LogP contribution in [-0.4, -0.2) is 42.0 Å². The average molecular weight is 373 g/mol. The first-order valence-corrected chi connectivity index (χ1v) is 11.1. The van der Waals surface area contributed by atoms with Gasteiger partial charge in [-0.2, -0.15) is 0 Å². The summed E-state index contributed by atoms with van der Waals surface area (Å²) in [6.07, 6.45) is 9.85. The summed E-state index contributed by atoms with van der Waals surface area (Å²) in [5.74, 6) is 0.356. The van der Waals surface area contributed by atoms with Crippen LogP contribution in [0, 0.1) is 0 Å². The molecule has 1 unspecified atom stereocenters. The maximum atomic E-state index is 13.0. The van der Waals surface area contributed by atoms with Gasteiger partial charge in [0.15, 0.2) is 11.6 Å². The molecule has 2 saturated heterocycles. The Balaban J connectivity index is 1.47. The summed E-state index contributed by atoms with van der Waals surface area (Å²) in [5, 5.41) is 1.22. The number of quaternary nitrogens is 1. The summed E-state index contributed by atoms with van der Waals surface area (Å²) in [7, 11) is 0. The van der Waals surface area contributed by atoms with E-state index in [0.29, 0.717) is 18.5 Å². The summed E-state index contributed by atoms with van der Waals surface area (Å²) >= 11 is 1.82. The summed E-state index contributed by atoms with van der Waals surface area (Å²) < 4.78 is 1.27.